The largest absolute Gasteiger partial charge is 0.466 e. The molecule has 5 heteroatoms. The van der Waals surface area contributed by atoms with E-state index in [0.29, 0.717) is 13.0 Å². The molecule has 0 N–H and O–H groups in total. The van der Waals surface area contributed by atoms with Crippen molar-refractivity contribution >= 4 is 5.97 Å². The molecule has 2 saturated heterocycles. The van der Waals surface area contributed by atoms with Crippen molar-refractivity contribution in [2.24, 2.45) is 0 Å². The first-order valence-electron chi connectivity index (χ1n) is 7.83. The van der Waals surface area contributed by atoms with E-state index >= 15 is 0 Å². The summed E-state index contributed by atoms with van der Waals surface area (Å²) in [4.78, 5) is 16.9. The van der Waals surface area contributed by atoms with Gasteiger partial charge in [-0.15, -0.1) is 0 Å². The van der Waals surface area contributed by atoms with Gasteiger partial charge in [0, 0.05) is 18.6 Å². The summed E-state index contributed by atoms with van der Waals surface area (Å²) in [5.41, 5.74) is -0.0270. The van der Waals surface area contributed by atoms with Gasteiger partial charge in [0.2, 0.25) is 0 Å². The molecular formula is C15H28N2O3. The fraction of sp³-hybridized carbons (Fsp3) is 0.933. The van der Waals surface area contributed by atoms with Gasteiger partial charge in [0.05, 0.1) is 26.2 Å². The summed E-state index contributed by atoms with van der Waals surface area (Å²) in [5, 5.41) is 0. The normalized spacial score (nSPS) is 29.9. The first kappa shape index (κ1) is 15.7. The molecule has 2 fully saturated rings. The number of carbonyl (C=O) groups is 1. The fourth-order valence-corrected chi connectivity index (χ4v) is 3.44. The average Bonchev–Trinajstić information content (AvgIpc) is 2.63. The van der Waals surface area contributed by atoms with E-state index in [4.69, 9.17) is 9.47 Å². The predicted octanol–water partition coefficient (Wildman–Crippen LogP) is 1.13. The number of ether oxygens (including phenoxy) is 2. The standard InChI is InChI=1S/C15H28N2O3/c1-3-20-14(18)13-15(17-9-11-19-12-10-17)5-4-7-16(2)8-6-15/h3-13H2,1-2H3. The molecule has 0 aromatic heterocycles. The number of likely N-dealkylation sites (tertiary alicyclic amines) is 1. The molecule has 2 rings (SSSR count). The third-order valence-corrected chi connectivity index (χ3v) is 4.60. The number of carbonyl (C=O) groups excluding carboxylic acids is 1. The van der Waals surface area contributed by atoms with Crippen molar-refractivity contribution in [3.05, 3.63) is 0 Å². The number of hydrogen-bond acceptors (Lipinski definition) is 5. The van der Waals surface area contributed by atoms with Crippen molar-refractivity contribution in [1.82, 2.24) is 9.80 Å². The third kappa shape index (κ3) is 3.93. The van der Waals surface area contributed by atoms with Crippen LogP contribution in [0.25, 0.3) is 0 Å². The quantitative estimate of drug-likeness (QED) is 0.724. The van der Waals surface area contributed by atoms with E-state index in [9.17, 15) is 4.79 Å². The Morgan fingerprint density at radius 2 is 1.95 bits per heavy atom. The van der Waals surface area contributed by atoms with Crippen LogP contribution in [0.1, 0.15) is 32.6 Å². The van der Waals surface area contributed by atoms with Crippen molar-refractivity contribution in [3.63, 3.8) is 0 Å². The lowest BCUT2D eigenvalue weighted by atomic mass is 9.84. The number of rotatable bonds is 4. The summed E-state index contributed by atoms with van der Waals surface area (Å²) < 4.78 is 10.7. The highest BCUT2D eigenvalue weighted by atomic mass is 16.5. The smallest absolute Gasteiger partial charge is 0.307 e. The van der Waals surface area contributed by atoms with Crippen LogP contribution >= 0.6 is 0 Å². The second-order valence-corrected chi connectivity index (χ2v) is 5.96. The second-order valence-electron chi connectivity index (χ2n) is 5.96. The second kappa shape index (κ2) is 7.38. The number of hydrogen-bond donors (Lipinski definition) is 0. The van der Waals surface area contributed by atoms with Crippen molar-refractivity contribution in [3.8, 4) is 0 Å². The number of nitrogens with zero attached hydrogens (tertiary/aromatic N) is 2. The maximum absolute atomic E-state index is 12.1. The molecule has 2 aliphatic rings. The molecule has 2 aliphatic heterocycles. The van der Waals surface area contributed by atoms with Crippen LogP contribution in [0.2, 0.25) is 0 Å². The summed E-state index contributed by atoms with van der Waals surface area (Å²) >= 11 is 0. The molecule has 0 saturated carbocycles. The van der Waals surface area contributed by atoms with Gasteiger partial charge in [-0.3, -0.25) is 9.69 Å². The molecule has 0 aromatic carbocycles. The Hall–Kier alpha value is -0.650. The van der Waals surface area contributed by atoms with Crippen LogP contribution in [-0.2, 0) is 14.3 Å². The number of morpholine rings is 1. The first-order valence-corrected chi connectivity index (χ1v) is 7.83. The Morgan fingerprint density at radius 3 is 2.65 bits per heavy atom. The molecular weight excluding hydrogens is 256 g/mol. The van der Waals surface area contributed by atoms with Gasteiger partial charge >= 0.3 is 5.97 Å². The van der Waals surface area contributed by atoms with Gasteiger partial charge in [0.25, 0.3) is 0 Å². The molecule has 0 spiro atoms. The zero-order valence-corrected chi connectivity index (χ0v) is 12.9. The molecule has 1 atom stereocenters. The Bertz CT molecular complexity index is 318. The summed E-state index contributed by atoms with van der Waals surface area (Å²) in [6.45, 7) is 7.94. The Labute approximate surface area is 122 Å². The Kier molecular flexibility index (Phi) is 5.81. The lowest BCUT2D eigenvalue weighted by molar-refractivity contribution is -0.148. The fourth-order valence-electron chi connectivity index (χ4n) is 3.44. The monoisotopic (exact) mass is 284 g/mol. The van der Waals surface area contributed by atoms with E-state index in [-0.39, 0.29) is 11.5 Å². The van der Waals surface area contributed by atoms with Crippen LogP contribution in [0.15, 0.2) is 0 Å². The van der Waals surface area contributed by atoms with E-state index in [1.165, 1.54) is 0 Å². The van der Waals surface area contributed by atoms with E-state index in [1.807, 2.05) is 6.92 Å². The summed E-state index contributed by atoms with van der Waals surface area (Å²) in [5.74, 6) is -0.0523. The molecule has 0 aliphatic carbocycles. The Balaban J connectivity index is 2.10. The minimum Gasteiger partial charge on any atom is -0.466 e. The summed E-state index contributed by atoms with van der Waals surface area (Å²) in [6.07, 6.45) is 3.79. The lowest BCUT2D eigenvalue weighted by Gasteiger charge is -2.45. The highest BCUT2D eigenvalue weighted by Gasteiger charge is 2.40. The average molecular weight is 284 g/mol. The molecule has 116 valence electrons. The SMILES string of the molecule is CCOC(=O)CC1(N2CCOCC2)CCCN(C)CC1. The highest BCUT2D eigenvalue weighted by Crippen LogP contribution is 2.33. The van der Waals surface area contributed by atoms with Gasteiger partial charge in [0.1, 0.15) is 0 Å². The van der Waals surface area contributed by atoms with Gasteiger partial charge in [-0.2, -0.15) is 0 Å². The topological polar surface area (TPSA) is 42.0 Å². The molecule has 2 heterocycles. The molecule has 5 nitrogen and oxygen atoms in total. The van der Waals surface area contributed by atoms with Crippen LogP contribution < -0.4 is 0 Å². The minimum absolute atomic E-state index is 0.0270. The summed E-state index contributed by atoms with van der Waals surface area (Å²) in [7, 11) is 2.17. The Morgan fingerprint density at radius 1 is 1.20 bits per heavy atom. The third-order valence-electron chi connectivity index (χ3n) is 4.60. The predicted molar refractivity (Wildman–Crippen MR) is 77.7 cm³/mol. The van der Waals surface area contributed by atoms with Gasteiger partial charge in [0.15, 0.2) is 0 Å². The number of esters is 1. The van der Waals surface area contributed by atoms with E-state index < -0.39 is 0 Å². The van der Waals surface area contributed by atoms with Crippen molar-refractivity contribution < 1.29 is 14.3 Å². The van der Waals surface area contributed by atoms with Crippen molar-refractivity contribution in [1.29, 1.82) is 0 Å². The molecule has 0 radical (unpaired) electrons. The van der Waals surface area contributed by atoms with Crippen LogP contribution in [-0.4, -0.2) is 74.4 Å². The molecule has 1 unspecified atom stereocenters. The van der Waals surface area contributed by atoms with E-state index in [0.717, 1.165) is 58.7 Å². The molecule has 0 amide bonds. The van der Waals surface area contributed by atoms with Crippen molar-refractivity contribution in [2.75, 3.05) is 53.0 Å². The molecule has 0 bridgehead atoms. The van der Waals surface area contributed by atoms with Crippen molar-refractivity contribution in [2.45, 2.75) is 38.1 Å². The maximum atomic E-state index is 12.1. The summed E-state index contributed by atoms with van der Waals surface area (Å²) in [6, 6.07) is 0. The van der Waals surface area contributed by atoms with E-state index in [1.54, 1.807) is 0 Å². The molecule has 20 heavy (non-hydrogen) atoms. The zero-order valence-electron chi connectivity index (χ0n) is 12.9. The highest BCUT2D eigenvalue weighted by molar-refractivity contribution is 5.71. The van der Waals surface area contributed by atoms with Gasteiger partial charge in [-0.05, 0) is 46.3 Å². The zero-order chi connectivity index (χ0) is 14.4. The van der Waals surface area contributed by atoms with Crippen LogP contribution in [0, 0.1) is 0 Å². The van der Waals surface area contributed by atoms with Crippen LogP contribution in [0.5, 0.6) is 0 Å². The lowest BCUT2D eigenvalue weighted by Crippen LogP contribution is -2.55. The maximum Gasteiger partial charge on any atom is 0.307 e. The van der Waals surface area contributed by atoms with Crippen LogP contribution in [0.4, 0.5) is 0 Å². The van der Waals surface area contributed by atoms with Gasteiger partial charge in [-0.25, -0.2) is 0 Å². The first-order chi connectivity index (χ1) is 9.66. The van der Waals surface area contributed by atoms with E-state index in [2.05, 4.69) is 16.8 Å². The van der Waals surface area contributed by atoms with Gasteiger partial charge < -0.3 is 14.4 Å². The van der Waals surface area contributed by atoms with Crippen LogP contribution in [0.3, 0.4) is 0 Å². The minimum atomic E-state index is -0.0523. The molecule has 0 aromatic rings. The van der Waals surface area contributed by atoms with Gasteiger partial charge in [-0.1, -0.05) is 0 Å².